The van der Waals surface area contributed by atoms with Crippen LogP contribution in [0.1, 0.15) is 5.82 Å². The van der Waals surface area contributed by atoms with Gasteiger partial charge in [-0.1, -0.05) is 6.07 Å². The van der Waals surface area contributed by atoms with Gasteiger partial charge in [0.15, 0.2) is 11.5 Å². The van der Waals surface area contributed by atoms with Crippen molar-refractivity contribution >= 4 is 17.5 Å². The molecule has 1 aliphatic rings. The molecule has 1 N–H and O–H groups in total. The number of amides is 2. The average molecular weight is 422 g/mol. The number of carbonyl (C=O) groups is 1. The number of hydrogen-bond acceptors (Lipinski definition) is 6. The molecular formula is C22H26N6O3. The summed E-state index contributed by atoms with van der Waals surface area (Å²) in [6.07, 6.45) is 3.92. The maximum atomic E-state index is 12.8. The summed E-state index contributed by atoms with van der Waals surface area (Å²) in [5.41, 5.74) is 0.581. The normalized spacial score (nSPS) is 13.8. The third-order valence-corrected chi connectivity index (χ3v) is 5.22. The zero-order chi connectivity index (χ0) is 21.8. The molecule has 2 aromatic heterocycles. The summed E-state index contributed by atoms with van der Waals surface area (Å²) in [7, 11) is 3.12. The van der Waals surface area contributed by atoms with Crippen LogP contribution in [0.3, 0.4) is 0 Å². The number of hydrogen-bond donors (Lipinski definition) is 1. The van der Waals surface area contributed by atoms with Gasteiger partial charge in [0.2, 0.25) is 0 Å². The van der Waals surface area contributed by atoms with Crippen molar-refractivity contribution in [2.45, 2.75) is 6.92 Å². The summed E-state index contributed by atoms with van der Waals surface area (Å²) in [5.74, 6) is 3.49. The van der Waals surface area contributed by atoms with Crippen LogP contribution in [0, 0.1) is 6.92 Å². The van der Waals surface area contributed by atoms with E-state index in [4.69, 9.17) is 9.47 Å². The highest BCUT2D eigenvalue weighted by Crippen LogP contribution is 2.34. The highest BCUT2D eigenvalue weighted by molar-refractivity contribution is 5.91. The third-order valence-electron chi connectivity index (χ3n) is 5.22. The Balaban J connectivity index is 1.42. The molecule has 1 aliphatic heterocycles. The molecule has 0 spiro atoms. The van der Waals surface area contributed by atoms with Crippen LogP contribution in [0.5, 0.6) is 11.5 Å². The van der Waals surface area contributed by atoms with Crippen molar-refractivity contribution in [3.63, 3.8) is 0 Å². The molecule has 0 radical (unpaired) electrons. The average Bonchev–Trinajstić information content (AvgIpc) is 3.33. The number of aryl methyl sites for hydroxylation is 1. The number of methoxy groups -OCH3 is 2. The molecule has 0 unspecified atom stereocenters. The fraction of sp³-hybridized carbons (Fsp3) is 0.318. The van der Waals surface area contributed by atoms with E-state index in [2.05, 4.69) is 20.2 Å². The number of ether oxygens (including phenoxy) is 2. The number of nitrogens with zero attached hydrogens (tertiary/aromatic N) is 5. The Bertz CT molecular complexity index is 1050. The molecule has 0 bridgehead atoms. The lowest BCUT2D eigenvalue weighted by Crippen LogP contribution is -2.50. The van der Waals surface area contributed by atoms with Gasteiger partial charge in [-0.05, 0) is 31.2 Å². The lowest BCUT2D eigenvalue weighted by molar-refractivity contribution is 0.208. The minimum Gasteiger partial charge on any atom is -0.493 e. The Kier molecular flexibility index (Phi) is 5.92. The number of aromatic nitrogens is 3. The van der Waals surface area contributed by atoms with Crippen LogP contribution in [0.25, 0.3) is 5.82 Å². The first kappa shape index (κ1) is 20.5. The Morgan fingerprint density at radius 1 is 0.968 bits per heavy atom. The van der Waals surface area contributed by atoms with Gasteiger partial charge in [-0.3, -0.25) is 0 Å². The van der Waals surface area contributed by atoms with Gasteiger partial charge in [0, 0.05) is 44.6 Å². The molecule has 0 atom stereocenters. The maximum Gasteiger partial charge on any atom is 0.322 e. The van der Waals surface area contributed by atoms with Gasteiger partial charge in [-0.2, -0.15) is 0 Å². The molecule has 3 aromatic rings. The van der Waals surface area contributed by atoms with Crippen molar-refractivity contribution in [3.05, 3.63) is 54.6 Å². The first-order valence-electron chi connectivity index (χ1n) is 10.1. The lowest BCUT2D eigenvalue weighted by atomic mass is 10.2. The van der Waals surface area contributed by atoms with E-state index in [1.165, 1.54) is 0 Å². The predicted octanol–water partition coefficient (Wildman–Crippen LogP) is 2.95. The molecule has 2 amide bonds. The molecule has 0 aliphatic carbocycles. The third kappa shape index (κ3) is 4.40. The zero-order valence-corrected chi connectivity index (χ0v) is 17.9. The number of para-hydroxylation sites is 1. The summed E-state index contributed by atoms with van der Waals surface area (Å²) < 4.78 is 12.7. The van der Waals surface area contributed by atoms with Gasteiger partial charge >= 0.3 is 6.03 Å². The molecule has 162 valence electrons. The van der Waals surface area contributed by atoms with Crippen LogP contribution < -0.4 is 19.7 Å². The van der Waals surface area contributed by atoms with E-state index in [9.17, 15) is 4.79 Å². The molecule has 0 saturated carbocycles. The van der Waals surface area contributed by atoms with E-state index in [0.717, 1.165) is 11.6 Å². The second-order valence-electron chi connectivity index (χ2n) is 7.17. The number of benzene rings is 1. The number of rotatable bonds is 5. The van der Waals surface area contributed by atoms with Gasteiger partial charge < -0.3 is 29.2 Å². The monoisotopic (exact) mass is 422 g/mol. The minimum atomic E-state index is -0.168. The van der Waals surface area contributed by atoms with Gasteiger partial charge in [0.25, 0.3) is 0 Å². The quantitative estimate of drug-likeness (QED) is 0.681. The van der Waals surface area contributed by atoms with E-state index in [1.54, 1.807) is 31.3 Å². The Labute approximate surface area is 181 Å². The van der Waals surface area contributed by atoms with Crippen molar-refractivity contribution in [3.8, 4) is 17.3 Å². The summed E-state index contributed by atoms with van der Waals surface area (Å²) in [5, 5.41) is 2.93. The molecule has 1 saturated heterocycles. The van der Waals surface area contributed by atoms with Crippen LogP contribution in [0.4, 0.5) is 16.3 Å². The Morgan fingerprint density at radius 3 is 2.35 bits per heavy atom. The fourth-order valence-corrected chi connectivity index (χ4v) is 3.64. The van der Waals surface area contributed by atoms with Crippen molar-refractivity contribution in [1.29, 1.82) is 0 Å². The first-order chi connectivity index (χ1) is 15.1. The summed E-state index contributed by atoms with van der Waals surface area (Å²) in [6.45, 7) is 4.43. The highest BCUT2D eigenvalue weighted by Gasteiger charge is 2.24. The van der Waals surface area contributed by atoms with Gasteiger partial charge in [0.05, 0.1) is 19.9 Å². The van der Waals surface area contributed by atoms with Crippen LogP contribution in [0.2, 0.25) is 0 Å². The van der Waals surface area contributed by atoms with E-state index < -0.39 is 0 Å². The van der Waals surface area contributed by atoms with Crippen molar-refractivity contribution < 1.29 is 14.3 Å². The van der Waals surface area contributed by atoms with E-state index in [0.29, 0.717) is 49.2 Å². The zero-order valence-electron chi connectivity index (χ0n) is 17.9. The summed E-state index contributed by atoms with van der Waals surface area (Å²) in [4.78, 5) is 25.9. The molecule has 3 heterocycles. The number of carbonyl (C=O) groups excluding carboxylic acids is 1. The van der Waals surface area contributed by atoms with Crippen LogP contribution in [-0.2, 0) is 0 Å². The second kappa shape index (κ2) is 8.95. The molecule has 31 heavy (non-hydrogen) atoms. The summed E-state index contributed by atoms with van der Waals surface area (Å²) >= 11 is 0. The first-order valence-corrected chi connectivity index (χ1v) is 10.1. The van der Waals surface area contributed by atoms with E-state index >= 15 is 0 Å². The van der Waals surface area contributed by atoms with Crippen molar-refractivity contribution in [1.82, 2.24) is 19.4 Å². The largest absolute Gasteiger partial charge is 0.493 e. The summed E-state index contributed by atoms with van der Waals surface area (Å²) in [6, 6.07) is 11.1. The van der Waals surface area contributed by atoms with Crippen LogP contribution in [-0.4, -0.2) is 65.9 Å². The maximum absolute atomic E-state index is 12.8. The second-order valence-corrected chi connectivity index (χ2v) is 7.17. The van der Waals surface area contributed by atoms with Gasteiger partial charge in [-0.15, -0.1) is 0 Å². The van der Waals surface area contributed by atoms with Crippen molar-refractivity contribution in [2.75, 3.05) is 50.6 Å². The van der Waals surface area contributed by atoms with Gasteiger partial charge in [0.1, 0.15) is 17.5 Å². The number of nitrogens with one attached hydrogen (secondary N) is 1. The molecule has 4 rings (SSSR count). The van der Waals surface area contributed by atoms with Crippen molar-refractivity contribution in [2.24, 2.45) is 0 Å². The Morgan fingerprint density at radius 2 is 1.68 bits per heavy atom. The number of anilines is 2. The lowest BCUT2D eigenvalue weighted by Gasteiger charge is -2.35. The molecule has 9 heteroatoms. The molecule has 1 fully saturated rings. The number of piperazine rings is 1. The highest BCUT2D eigenvalue weighted by atomic mass is 16.5. The topological polar surface area (TPSA) is 84.8 Å². The van der Waals surface area contributed by atoms with E-state index in [1.807, 2.05) is 48.1 Å². The fourth-order valence-electron chi connectivity index (χ4n) is 3.64. The minimum absolute atomic E-state index is 0.168. The SMILES string of the molecule is COc1cccc(NC(=O)N2CCN(c3cc(-n4cccc4)nc(C)n3)CC2)c1OC. The van der Waals surface area contributed by atoms with Crippen LogP contribution in [0.15, 0.2) is 48.8 Å². The molecule has 9 nitrogen and oxygen atoms in total. The number of urea groups is 1. The Hall–Kier alpha value is -3.75. The molecular weight excluding hydrogens is 396 g/mol. The smallest absolute Gasteiger partial charge is 0.322 e. The van der Waals surface area contributed by atoms with E-state index in [-0.39, 0.29) is 6.03 Å². The predicted molar refractivity (Wildman–Crippen MR) is 118 cm³/mol. The standard InChI is InChI=1S/C22H26N6O3/c1-16-23-19(26-9-4-5-10-26)15-20(24-16)27-11-13-28(14-12-27)22(29)25-17-7-6-8-18(30-2)21(17)31-3/h4-10,15H,11-14H2,1-3H3,(H,25,29). The molecule has 1 aromatic carbocycles. The van der Waals surface area contributed by atoms with Gasteiger partial charge in [-0.25, -0.2) is 14.8 Å². The van der Waals surface area contributed by atoms with Crippen LogP contribution >= 0.6 is 0 Å².